The third kappa shape index (κ3) is 4.99. The van der Waals surface area contributed by atoms with Gasteiger partial charge in [-0.05, 0) is 55.7 Å². The molecule has 3 aromatic rings. The highest BCUT2D eigenvalue weighted by Crippen LogP contribution is 2.30. The quantitative estimate of drug-likeness (QED) is 0.453. The Morgan fingerprint density at radius 1 is 0.882 bits per heavy atom. The van der Waals surface area contributed by atoms with Crippen molar-refractivity contribution in [1.82, 2.24) is 14.7 Å². The molecule has 0 radical (unpaired) electrons. The number of hydrogen-bond donors (Lipinski definition) is 0. The highest BCUT2D eigenvalue weighted by atomic mass is 19.1. The molecule has 1 aliphatic rings. The van der Waals surface area contributed by atoms with E-state index >= 15 is 0 Å². The van der Waals surface area contributed by atoms with Crippen LogP contribution in [0.15, 0.2) is 60.7 Å². The maximum atomic E-state index is 13.3. The minimum absolute atomic E-state index is 0.0643. The lowest BCUT2D eigenvalue weighted by molar-refractivity contribution is -0.132. The fourth-order valence-electron chi connectivity index (χ4n) is 4.25. The standard InChI is InChI=1S/C27H28FN3O3/c1-29(2)16-17-30(18-19-11-13-21(28)14-12-19)24(32)10-5-15-31-26(33)22-8-3-6-20-7-4-9-23(25(20)22)27(31)34/h3-4,6-9,11-14H,5,10,15-18H2,1-2H3. The molecule has 0 spiro atoms. The van der Waals surface area contributed by atoms with Crippen LogP contribution in [-0.4, -0.2) is 66.2 Å². The Hall–Kier alpha value is -3.58. The Balaban J connectivity index is 1.42. The van der Waals surface area contributed by atoms with Gasteiger partial charge in [0, 0.05) is 49.1 Å². The molecule has 4 rings (SSSR count). The van der Waals surface area contributed by atoms with Crippen molar-refractivity contribution in [2.45, 2.75) is 19.4 Å². The summed E-state index contributed by atoms with van der Waals surface area (Å²) in [5.74, 6) is -1.02. The van der Waals surface area contributed by atoms with E-state index in [1.165, 1.54) is 17.0 Å². The van der Waals surface area contributed by atoms with E-state index in [0.717, 1.165) is 10.9 Å². The Labute approximate surface area is 198 Å². The lowest BCUT2D eigenvalue weighted by atomic mass is 9.94. The van der Waals surface area contributed by atoms with Crippen LogP contribution in [0.4, 0.5) is 4.39 Å². The van der Waals surface area contributed by atoms with Gasteiger partial charge in [-0.3, -0.25) is 19.3 Å². The second-order valence-electron chi connectivity index (χ2n) is 8.82. The van der Waals surface area contributed by atoms with Crippen molar-refractivity contribution in [3.8, 4) is 0 Å². The van der Waals surface area contributed by atoms with Gasteiger partial charge in [0.25, 0.3) is 11.8 Å². The first kappa shape index (κ1) is 23.6. The molecule has 0 saturated carbocycles. The average Bonchev–Trinajstić information content (AvgIpc) is 2.83. The number of nitrogens with zero attached hydrogens (tertiary/aromatic N) is 3. The van der Waals surface area contributed by atoms with Gasteiger partial charge in [-0.2, -0.15) is 0 Å². The largest absolute Gasteiger partial charge is 0.337 e. The van der Waals surface area contributed by atoms with Crippen LogP contribution >= 0.6 is 0 Å². The summed E-state index contributed by atoms with van der Waals surface area (Å²) in [5.41, 5.74) is 1.88. The molecular formula is C27H28FN3O3. The normalized spacial score (nSPS) is 13.1. The number of carbonyl (C=O) groups is 3. The van der Waals surface area contributed by atoms with Gasteiger partial charge in [0.15, 0.2) is 0 Å². The van der Waals surface area contributed by atoms with Crippen molar-refractivity contribution in [2.24, 2.45) is 0 Å². The van der Waals surface area contributed by atoms with Gasteiger partial charge in [-0.25, -0.2) is 4.39 Å². The van der Waals surface area contributed by atoms with Crippen LogP contribution in [0.1, 0.15) is 39.1 Å². The van der Waals surface area contributed by atoms with E-state index in [-0.39, 0.29) is 36.5 Å². The van der Waals surface area contributed by atoms with Crippen LogP contribution in [0.5, 0.6) is 0 Å². The molecule has 0 saturated heterocycles. The number of likely N-dealkylation sites (N-methyl/N-ethyl adjacent to an activating group) is 1. The van der Waals surface area contributed by atoms with Gasteiger partial charge in [0.2, 0.25) is 5.91 Å². The number of rotatable bonds is 9. The molecule has 176 valence electrons. The molecule has 0 fully saturated rings. The SMILES string of the molecule is CN(C)CCN(Cc1ccc(F)cc1)C(=O)CCCN1C(=O)c2cccc3cccc(c23)C1=O. The number of amides is 3. The van der Waals surface area contributed by atoms with E-state index in [2.05, 4.69) is 0 Å². The zero-order valence-electron chi connectivity index (χ0n) is 19.5. The molecule has 3 amide bonds. The summed E-state index contributed by atoms with van der Waals surface area (Å²) in [6.45, 7) is 1.77. The molecule has 0 aliphatic carbocycles. The van der Waals surface area contributed by atoms with Crippen LogP contribution in [0.25, 0.3) is 10.8 Å². The molecular weight excluding hydrogens is 433 g/mol. The van der Waals surface area contributed by atoms with Gasteiger partial charge in [-0.1, -0.05) is 36.4 Å². The topological polar surface area (TPSA) is 60.9 Å². The second kappa shape index (κ2) is 10.1. The third-order valence-electron chi connectivity index (χ3n) is 6.08. The van der Waals surface area contributed by atoms with E-state index in [9.17, 15) is 18.8 Å². The Morgan fingerprint density at radius 2 is 1.50 bits per heavy atom. The number of halogens is 1. The van der Waals surface area contributed by atoms with E-state index in [4.69, 9.17) is 0 Å². The molecule has 1 aliphatic heterocycles. The van der Waals surface area contributed by atoms with Crippen LogP contribution in [0, 0.1) is 5.82 Å². The minimum Gasteiger partial charge on any atom is -0.337 e. The summed E-state index contributed by atoms with van der Waals surface area (Å²) < 4.78 is 13.3. The second-order valence-corrected chi connectivity index (χ2v) is 8.82. The van der Waals surface area contributed by atoms with Gasteiger partial charge >= 0.3 is 0 Å². The van der Waals surface area contributed by atoms with Crippen molar-refractivity contribution >= 4 is 28.5 Å². The van der Waals surface area contributed by atoms with Crippen molar-refractivity contribution < 1.29 is 18.8 Å². The third-order valence-corrected chi connectivity index (χ3v) is 6.08. The van der Waals surface area contributed by atoms with Gasteiger partial charge < -0.3 is 9.80 Å². The van der Waals surface area contributed by atoms with Crippen LogP contribution < -0.4 is 0 Å². The number of imide groups is 1. The molecule has 7 heteroatoms. The first-order valence-corrected chi connectivity index (χ1v) is 11.4. The summed E-state index contributed by atoms with van der Waals surface area (Å²) in [6.07, 6.45) is 0.577. The molecule has 0 aromatic heterocycles. The minimum atomic E-state index is -0.322. The van der Waals surface area contributed by atoms with Crippen molar-refractivity contribution in [2.75, 3.05) is 33.7 Å². The summed E-state index contributed by atoms with van der Waals surface area (Å²) in [5, 5.41) is 1.56. The number of hydrogen-bond acceptors (Lipinski definition) is 4. The highest BCUT2D eigenvalue weighted by Gasteiger charge is 2.32. The summed E-state index contributed by atoms with van der Waals surface area (Å²) in [6, 6.07) is 17.0. The predicted octanol–water partition coefficient (Wildman–Crippen LogP) is 3.95. The van der Waals surface area contributed by atoms with E-state index in [1.54, 1.807) is 29.2 Å². The zero-order chi connectivity index (χ0) is 24.2. The molecule has 0 N–H and O–H groups in total. The van der Waals surface area contributed by atoms with Crippen LogP contribution in [0.2, 0.25) is 0 Å². The average molecular weight is 462 g/mol. The Kier molecular flexibility index (Phi) is 7.03. The van der Waals surface area contributed by atoms with E-state index in [1.807, 2.05) is 43.3 Å². The fraction of sp³-hybridized carbons (Fsp3) is 0.296. The summed E-state index contributed by atoms with van der Waals surface area (Å²) >= 11 is 0. The smallest absolute Gasteiger partial charge is 0.261 e. The molecule has 6 nitrogen and oxygen atoms in total. The highest BCUT2D eigenvalue weighted by molar-refractivity contribution is 6.25. The van der Waals surface area contributed by atoms with Crippen molar-refractivity contribution in [1.29, 1.82) is 0 Å². The van der Waals surface area contributed by atoms with Gasteiger partial charge in [0.1, 0.15) is 5.82 Å². The molecule has 1 heterocycles. The Bertz CT molecular complexity index is 1170. The van der Waals surface area contributed by atoms with Crippen molar-refractivity contribution in [3.05, 3.63) is 83.2 Å². The maximum Gasteiger partial charge on any atom is 0.261 e. The van der Waals surface area contributed by atoms with Gasteiger partial charge in [0.05, 0.1) is 0 Å². The van der Waals surface area contributed by atoms with Gasteiger partial charge in [-0.15, -0.1) is 0 Å². The monoisotopic (exact) mass is 461 g/mol. The van der Waals surface area contributed by atoms with Crippen LogP contribution in [-0.2, 0) is 11.3 Å². The molecule has 0 unspecified atom stereocenters. The lowest BCUT2D eigenvalue weighted by Gasteiger charge is -2.28. The number of carbonyl (C=O) groups excluding carboxylic acids is 3. The lowest BCUT2D eigenvalue weighted by Crippen LogP contribution is -2.41. The van der Waals surface area contributed by atoms with E-state index < -0.39 is 0 Å². The molecule has 0 bridgehead atoms. The predicted molar refractivity (Wildman–Crippen MR) is 129 cm³/mol. The van der Waals surface area contributed by atoms with Crippen LogP contribution in [0.3, 0.4) is 0 Å². The number of benzene rings is 3. The Morgan fingerprint density at radius 3 is 2.09 bits per heavy atom. The summed E-state index contributed by atoms with van der Waals surface area (Å²) in [7, 11) is 3.87. The first-order chi connectivity index (χ1) is 16.3. The maximum absolute atomic E-state index is 13.3. The summed E-state index contributed by atoms with van der Waals surface area (Å²) in [4.78, 5) is 44.1. The molecule has 3 aromatic carbocycles. The van der Waals surface area contributed by atoms with E-state index in [0.29, 0.717) is 42.6 Å². The molecule has 0 atom stereocenters. The molecule has 34 heavy (non-hydrogen) atoms. The first-order valence-electron chi connectivity index (χ1n) is 11.4. The van der Waals surface area contributed by atoms with Crippen molar-refractivity contribution in [3.63, 3.8) is 0 Å². The fourth-order valence-corrected chi connectivity index (χ4v) is 4.25. The zero-order valence-corrected chi connectivity index (χ0v) is 19.5.